The molecule has 0 saturated heterocycles. The molecule has 88 valence electrons. The van der Waals surface area contributed by atoms with E-state index in [0.29, 0.717) is 17.3 Å². The third kappa shape index (κ3) is 3.39. The van der Waals surface area contributed by atoms with Crippen molar-refractivity contribution in [2.24, 2.45) is 5.92 Å². The highest BCUT2D eigenvalue weighted by atomic mass is 79.9. The lowest BCUT2D eigenvalue weighted by atomic mass is 10.2. The number of nitrogens with one attached hydrogen (secondary N) is 1. The summed E-state index contributed by atoms with van der Waals surface area (Å²) in [5, 5.41) is 2.77. The maximum Gasteiger partial charge on any atom is 0.228 e. The molecule has 0 fully saturated rings. The molecule has 5 heteroatoms. The second kappa shape index (κ2) is 6.11. The van der Waals surface area contributed by atoms with Crippen LogP contribution in [0.15, 0.2) is 22.7 Å². The number of carbonyl (C=O) groups excluding carboxylic acids is 1. The fourth-order valence-corrected chi connectivity index (χ4v) is 1.62. The zero-order chi connectivity index (χ0) is 12.1. The number of methoxy groups -OCH3 is 1. The smallest absolute Gasteiger partial charge is 0.228 e. The van der Waals surface area contributed by atoms with Crippen molar-refractivity contribution < 1.29 is 9.53 Å². The molecule has 1 amide bonds. The first-order valence-corrected chi connectivity index (χ1v) is 6.11. The molecule has 0 aliphatic rings. The summed E-state index contributed by atoms with van der Waals surface area (Å²) in [4.78, 5) is 11.6. The molecular weight excluding hydrogens is 293 g/mol. The van der Waals surface area contributed by atoms with E-state index in [2.05, 4.69) is 21.2 Å². The van der Waals surface area contributed by atoms with Crippen LogP contribution in [0.4, 0.5) is 5.69 Å². The van der Waals surface area contributed by atoms with Gasteiger partial charge in [-0.3, -0.25) is 4.79 Å². The average molecular weight is 307 g/mol. The molecule has 0 heterocycles. The van der Waals surface area contributed by atoms with E-state index < -0.39 is 0 Å². The molecule has 0 saturated carbocycles. The summed E-state index contributed by atoms with van der Waals surface area (Å²) in [5.41, 5.74) is 0.696. The number of benzene rings is 1. The zero-order valence-electron chi connectivity index (χ0n) is 9.09. The Morgan fingerprint density at radius 2 is 2.31 bits per heavy atom. The summed E-state index contributed by atoms with van der Waals surface area (Å²) in [7, 11) is 1.58. The molecule has 3 nitrogen and oxygen atoms in total. The van der Waals surface area contributed by atoms with Gasteiger partial charge in [0, 0.05) is 23.6 Å². The first kappa shape index (κ1) is 13.3. The highest BCUT2D eigenvalue weighted by molar-refractivity contribution is 9.10. The number of halogens is 2. The standard InChI is InChI=1S/C11H13BrClNO2/c1-7(6-13)11(15)14-8-3-4-9(12)10(5-8)16-2/h3-5,7H,6H2,1-2H3,(H,14,15). The van der Waals surface area contributed by atoms with E-state index in [9.17, 15) is 4.79 Å². The van der Waals surface area contributed by atoms with Crippen LogP contribution in [0.25, 0.3) is 0 Å². The van der Waals surface area contributed by atoms with Crippen molar-refractivity contribution >= 4 is 39.1 Å². The Balaban J connectivity index is 2.78. The minimum atomic E-state index is -0.212. The highest BCUT2D eigenvalue weighted by Gasteiger charge is 2.12. The van der Waals surface area contributed by atoms with Gasteiger partial charge in [0.05, 0.1) is 11.6 Å². The topological polar surface area (TPSA) is 38.3 Å². The van der Waals surface area contributed by atoms with E-state index >= 15 is 0 Å². The first-order valence-electron chi connectivity index (χ1n) is 4.79. The Morgan fingerprint density at radius 3 is 2.88 bits per heavy atom. The van der Waals surface area contributed by atoms with E-state index in [1.54, 1.807) is 26.2 Å². The van der Waals surface area contributed by atoms with Crippen molar-refractivity contribution in [1.29, 1.82) is 0 Å². The Bertz CT molecular complexity index is 384. The Hall–Kier alpha value is -0.740. The second-order valence-electron chi connectivity index (χ2n) is 3.39. The van der Waals surface area contributed by atoms with Crippen LogP contribution in [0.1, 0.15) is 6.92 Å². The molecule has 0 aromatic heterocycles. The molecule has 16 heavy (non-hydrogen) atoms. The molecule has 0 spiro atoms. The Morgan fingerprint density at radius 1 is 1.62 bits per heavy atom. The van der Waals surface area contributed by atoms with Crippen molar-refractivity contribution in [3.8, 4) is 5.75 Å². The summed E-state index contributed by atoms with van der Waals surface area (Å²) in [6.07, 6.45) is 0. The van der Waals surface area contributed by atoms with Gasteiger partial charge in [-0.15, -0.1) is 11.6 Å². The molecule has 0 radical (unpaired) electrons. The number of ether oxygens (including phenoxy) is 1. The summed E-state index contributed by atoms with van der Waals surface area (Å²) in [6, 6.07) is 5.37. The van der Waals surface area contributed by atoms with Crippen molar-refractivity contribution in [2.45, 2.75) is 6.92 Å². The van der Waals surface area contributed by atoms with Gasteiger partial charge in [-0.2, -0.15) is 0 Å². The van der Waals surface area contributed by atoms with E-state index in [4.69, 9.17) is 16.3 Å². The van der Waals surface area contributed by atoms with Gasteiger partial charge >= 0.3 is 0 Å². The number of alkyl halides is 1. The molecular formula is C11H13BrClNO2. The lowest BCUT2D eigenvalue weighted by Crippen LogP contribution is -2.21. The van der Waals surface area contributed by atoms with Crippen LogP contribution in [-0.2, 0) is 4.79 Å². The van der Waals surface area contributed by atoms with Crippen LogP contribution in [0, 0.1) is 5.92 Å². The molecule has 0 bridgehead atoms. The number of anilines is 1. The number of carbonyl (C=O) groups is 1. The second-order valence-corrected chi connectivity index (χ2v) is 4.56. The minimum Gasteiger partial charge on any atom is -0.495 e. The van der Waals surface area contributed by atoms with Crippen molar-refractivity contribution in [2.75, 3.05) is 18.3 Å². The van der Waals surface area contributed by atoms with Gasteiger partial charge < -0.3 is 10.1 Å². The number of hydrogen-bond donors (Lipinski definition) is 1. The predicted octanol–water partition coefficient (Wildman–Crippen LogP) is 3.27. The predicted molar refractivity (Wildman–Crippen MR) is 69.2 cm³/mol. The van der Waals surface area contributed by atoms with E-state index in [1.807, 2.05) is 6.07 Å². The average Bonchev–Trinajstić information content (AvgIpc) is 2.30. The highest BCUT2D eigenvalue weighted by Crippen LogP contribution is 2.27. The van der Waals surface area contributed by atoms with Gasteiger partial charge in [-0.25, -0.2) is 0 Å². The van der Waals surface area contributed by atoms with Crippen molar-refractivity contribution in [3.05, 3.63) is 22.7 Å². The summed E-state index contributed by atoms with van der Waals surface area (Å²) in [5.74, 6) is 0.673. The van der Waals surface area contributed by atoms with Gasteiger partial charge in [-0.1, -0.05) is 6.92 Å². The van der Waals surface area contributed by atoms with E-state index in [1.165, 1.54) is 0 Å². The zero-order valence-corrected chi connectivity index (χ0v) is 11.4. The number of amides is 1. The Labute approximate surface area is 108 Å². The number of rotatable bonds is 4. The quantitative estimate of drug-likeness (QED) is 0.867. The molecule has 0 aliphatic heterocycles. The Kier molecular flexibility index (Phi) is 5.09. The van der Waals surface area contributed by atoms with Gasteiger partial charge in [-0.05, 0) is 28.1 Å². The van der Waals surface area contributed by atoms with Gasteiger partial charge in [0.2, 0.25) is 5.91 Å². The molecule has 1 aromatic rings. The lowest BCUT2D eigenvalue weighted by molar-refractivity contribution is -0.118. The summed E-state index contributed by atoms with van der Waals surface area (Å²) in [6.45, 7) is 1.78. The fourth-order valence-electron chi connectivity index (χ4n) is 1.07. The van der Waals surface area contributed by atoms with E-state index in [-0.39, 0.29) is 11.8 Å². The number of hydrogen-bond acceptors (Lipinski definition) is 2. The van der Waals surface area contributed by atoms with Crippen molar-refractivity contribution in [1.82, 2.24) is 0 Å². The van der Waals surface area contributed by atoms with Gasteiger partial charge in [0.25, 0.3) is 0 Å². The molecule has 0 aliphatic carbocycles. The van der Waals surface area contributed by atoms with Crippen LogP contribution in [0.2, 0.25) is 0 Å². The van der Waals surface area contributed by atoms with Crippen LogP contribution < -0.4 is 10.1 Å². The third-order valence-electron chi connectivity index (χ3n) is 2.10. The normalized spacial score (nSPS) is 12.0. The van der Waals surface area contributed by atoms with Crippen LogP contribution >= 0.6 is 27.5 Å². The largest absolute Gasteiger partial charge is 0.495 e. The van der Waals surface area contributed by atoms with Gasteiger partial charge in [0.15, 0.2) is 0 Å². The SMILES string of the molecule is COc1cc(NC(=O)C(C)CCl)ccc1Br. The maximum absolute atomic E-state index is 11.6. The first-order chi connectivity index (χ1) is 7.58. The monoisotopic (exact) mass is 305 g/mol. The van der Waals surface area contributed by atoms with E-state index in [0.717, 1.165) is 4.47 Å². The molecule has 1 unspecified atom stereocenters. The third-order valence-corrected chi connectivity index (χ3v) is 3.22. The van der Waals surface area contributed by atoms with Crippen LogP contribution in [0.3, 0.4) is 0 Å². The summed E-state index contributed by atoms with van der Waals surface area (Å²) < 4.78 is 5.98. The maximum atomic E-state index is 11.6. The van der Waals surface area contributed by atoms with Crippen molar-refractivity contribution in [3.63, 3.8) is 0 Å². The molecule has 1 aromatic carbocycles. The van der Waals surface area contributed by atoms with Gasteiger partial charge in [0.1, 0.15) is 5.75 Å². The van der Waals surface area contributed by atoms with Crippen LogP contribution in [-0.4, -0.2) is 18.9 Å². The summed E-state index contributed by atoms with van der Waals surface area (Å²) >= 11 is 8.94. The molecule has 1 N–H and O–H groups in total. The fraction of sp³-hybridized carbons (Fsp3) is 0.364. The lowest BCUT2D eigenvalue weighted by Gasteiger charge is -2.11. The molecule has 1 rings (SSSR count). The minimum absolute atomic E-state index is 0.0978. The molecule has 1 atom stereocenters. The van der Waals surface area contributed by atoms with Crippen LogP contribution in [0.5, 0.6) is 5.75 Å².